The van der Waals surface area contributed by atoms with Crippen molar-refractivity contribution in [2.45, 2.75) is 6.92 Å². The number of hydrogen-bond acceptors (Lipinski definition) is 2. The highest BCUT2D eigenvalue weighted by Crippen LogP contribution is 1.74. The smallest absolute Gasteiger partial charge is 0.0347 e. The van der Waals surface area contributed by atoms with Crippen LogP contribution in [0.15, 0.2) is 12.3 Å². The number of likely N-dealkylation sites (N-methyl/N-ethyl adjacent to an activating group) is 2. The largest absolute Gasteiger partial charge is 0.391 e. The Hall–Kier alpha value is -0.500. The van der Waals surface area contributed by atoms with Gasteiger partial charge in [0.15, 0.2) is 0 Å². The summed E-state index contributed by atoms with van der Waals surface area (Å²) in [6.45, 7) is 7.68. The summed E-state index contributed by atoms with van der Waals surface area (Å²) in [7, 11) is 1.87. The Morgan fingerprint density at radius 3 is 2.62 bits per heavy atom. The van der Waals surface area contributed by atoms with Crippen molar-refractivity contribution in [3.05, 3.63) is 12.3 Å². The lowest BCUT2D eigenvalue weighted by molar-refractivity contribution is 0.742. The molecule has 0 aromatic rings. The van der Waals surface area contributed by atoms with Gasteiger partial charge in [0.1, 0.15) is 0 Å². The van der Waals surface area contributed by atoms with Crippen LogP contribution in [-0.2, 0) is 0 Å². The van der Waals surface area contributed by atoms with Gasteiger partial charge >= 0.3 is 0 Å². The molecule has 2 N–H and O–H groups in total. The molecule has 0 fully saturated rings. The maximum Gasteiger partial charge on any atom is 0.0347 e. The molecule has 2 heteroatoms. The molecule has 0 rings (SSSR count). The van der Waals surface area contributed by atoms with Crippen molar-refractivity contribution in [1.82, 2.24) is 10.6 Å². The highest BCUT2D eigenvalue weighted by atomic mass is 14.9. The minimum Gasteiger partial charge on any atom is -0.391 e. The Kier molecular flexibility index (Phi) is 4.36. The zero-order valence-electron chi connectivity index (χ0n) is 5.62. The molecular weight excluding hydrogens is 100 g/mol. The molecule has 0 saturated heterocycles. The summed E-state index contributed by atoms with van der Waals surface area (Å²) >= 11 is 0. The van der Waals surface area contributed by atoms with Gasteiger partial charge in [0, 0.05) is 19.3 Å². The first kappa shape index (κ1) is 7.50. The van der Waals surface area contributed by atoms with Crippen molar-refractivity contribution in [2.24, 2.45) is 0 Å². The molecule has 0 aromatic carbocycles. The molecule has 0 saturated carbocycles. The monoisotopic (exact) mass is 114 g/mol. The maximum atomic E-state index is 3.74. The summed E-state index contributed by atoms with van der Waals surface area (Å²) < 4.78 is 0. The summed E-state index contributed by atoms with van der Waals surface area (Å²) in [4.78, 5) is 0. The highest BCUT2D eigenvalue weighted by Gasteiger charge is 1.83. The molecule has 0 unspecified atom stereocenters. The average Bonchev–Trinajstić information content (AvgIpc) is 1.83. The molecule has 0 aliphatic carbocycles. The lowest BCUT2D eigenvalue weighted by atomic mass is 10.5. The zero-order valence-corrected chi connectivity index (χ0v) is 5.62. The van der Waals surface area contributed by atoms with Gasteiger partial charge in [-0.15, -0.1) is 0 Å². The van der Waals surface area contributed by atoms with E-state index in [1.165, 1.54) is 0 Å². The van der Waals surface area contributed by atoms with Crippen molar-refractivity contribution in [3.8, 4) is 0 Å². The van der Waals surface area contributed by atoms with E-state index in [0.29, 0.717) is 0 Å². The fourth-order valence-electron chi connectivity index (χ4n) is 0.364. The third kappa shape index (κ3) is 3.68. The van der Waals surface area contributed by atoms with Gasteiger partial charge in [0.25, 0.3) is 0 Å². The van der Waals surface area contributed by atoms with Gasteiger partial charge in [-0.25, -0.2) is 0 Å². The Morgan fingerprint density at radius 2 is 2.25 bits per heavy atom. The van der Waals surface area contributed by atoms with E-state index in [0.717, 1.165) is 18.8 Å². The first-order chi connectivity index (χ1) is 3.81. The van der Waals surface area contributed by atoms with Crippen LogP contribution in [0.1, 0.15) is 6.92 Å². The molecular formula is C6H14N2. The molecule has 0 bridgehead atoms. The summed E-state index contributed by atoms with van der Waals surface area (Å²) in [5.74, 6) is 0. The Morgan fingerprint density at radius 1 is 1.62 bits per heavy atom. The number of nitrogens with one attached hydrogen (secondary N) is 2. The first-order valence-corrected chi connectivity index (χ1v) is 2.87. The Balaban J connectivity index is 2.99. The maximum absolute atomic E-state index is 3.74. The van der Waals surface area contributed by atoms with Crippen molar-refractivity contribution in [1.29, 1.82) is 0 Å². The summed E-state index contributed by atoms with van der Waals surface area (Å²) in [5.41, 5.74) is 1.03. The molecule has 8 heavy (non-hydrogen) atoms. The lowest BCUT2D eigenvalue weighted by Gasteiger charge is -2.02. The van der Waals surface area contributed by atoms with Gasteiger partial charge in [0.05, 0.1) is 0 Å². The third-order valence-electron chi connectivity index (χ3n) is 0.942. The van der Waals surface area contributed by atoms with E-state index >= 15 is 0 Å². The minimum atomic E-state index is 0.868. The molecule has 2 nitrogen and oxygen atoms in total. The van der Waals surface area contributed by atoms with E-state index < -0.39 is 0 Å². The second kappa shape index (κ2) is 4.65. The quantitative estimate of drug-likeness (QED) is 0.550. The molecule has 0 aliphatic heterocycles. The second-order valence-corrected chi connectivity index (χ2v) is 1.63. The average molecular weight is 114 g/mol. The van der Waals surface area contributed by atoms with Crippen molar-refractivity contribution in [2.75, 3.05) is 20.1 Å². The summed E-state index contributed by atoms with van der Waals surface area (Å²) in [5, 5.41) is 6.08. The van der Waals surface area contributed by atoms with Crippen LogP contribution >= 0.6 is 0 Å². The van der Waals surface area contributed by atoms with Gasteiger partial charge in [-0.2, -0.15) is 0 Å². The van der Waals surface area contributed by atoms with E-state index in [1.54, 1.807) is 0 Å². The van der Waals surface area contributed by atoms with Crippen LogP contribution in [0.5, 0.6) is 0 Å². The van der Waals surface area contributed by atoms with Gasteiger partial charge in [-0.1, -0.05) is 13.5 Å². The third-order valence-corrected chi connectivity index (χ3v) is 0.942. The lowest BCUT2D eigenvalue weighted by Crippen LogP contribution is -2.21. The normalized spacial score (nSPS) is 8.75. The summed E-state index contributed by atoms with van der Waals surface area (Å²) in [6, 6.07) is 0. The fraction of sp³-hybridized carbons (Fsp3) is 0.667. The van der Waals surface area contributed by atoms with Crippen LogP contribution in [0, 0.1) is 0 Å². The first-order valence-electron chi connectivity index (χ1n) is 2.87. The van der Waals surface area contributed by atoms with Crippen LogP contribution < -0.4 is 10.6 Å². The molecule has 0 radical (unpaired) electrons. The predicted molar refractivity (Wildman–Crippen MR) is 36.7 cm³/mol. The second-order valence-electron chi connectivity index (χ2n) is 1.63. The molecule has 0 atom stereocenters. The number of rotatable bonds is 4. The molecule has 0 amide bonds. The van der Waals surface area contributed by atoms with E-state index in [1.807, 2.05) is 7.05 Å². The van der Waals surface area contributed by atoms with Crippen LogP contribution in [0.3, 0.4) is 0 Å². The molecule has 48 valence electrons. The van der Waals surface area contributed by atoms with Crippen LogP contribution in [0.2, 0.25) is 0 Å². The van der Waals surface area contributed by atoms with Gasteiger partial charge in [-0.3, -0.25) is 0 Å². The van der Waals surface area contributed by atoms with Crippen LogP contribution in [0.25, 0.3) is 0 Å². The van der Waals surface area contributed by atoms with E-state index in [4.69, 9.17) is 0 Å². The zero-order chi connectivity index (χ0) is 6.41. The topological polar surface area (TPSA) is 24.1 Å². The van der Waals surface area contributed by atoms with Gasteiger partial charge < -0.3 is 10.6 Å². The van der Waals surface area contributed by atoms with Gasteiger partial charge in [0.2, 0.25) is 0 Å². The van der Waals surface area contributed by atoms with Crippen molar-refractivity contribution < 1.29 is 0 Å². The fourth-order valence-corrected chi connectivity index (χ4v) is 0.364. The molecule has 0 heterocycles. The minimum absolute atomic E-state index is 0.868. The van der Waals surface area contributed by atoms with Crippen molar-refractivity contribution in [3.63, 3.8) is 0 Å². The van der Waals surface area contributed by atoms with E-state index in [9.17, 15) is 0 Å². The van der Waals surface area contributed by atoms with Crippen LogP contribution in [0.4, 0.5) is 0 Å². The molecule has 0 aromatic heterocycles. The highest BCUT2D eigenvalue weighted by molar-refractivity contribution is 4.91. The van der Waals surface area contributed by atoms with Crippen molar-refractivity contribution >= 4 is 0 Å². The predicted octanol–water partition coefficient (Wildman–Crippen LogP) is 0.329. The van der Waals surface area contributed by atoms with Crippen LogP contribution in [-0.4, -0.2) is 20.1 Å². The SMILES string of the molecule is C=C(CNCC)NC. The van der Waals surface area contributed by atoms with E-state index in [2.05, 4.69) is 24.1 Å². The Bertz CT molecular complexity index is 68.9. The van der Waals surface area contributed by atoms with E-state index in [-0.39, 0.29) is 0 Å². The number of hydrogen-bond donors (Lipinski definition) is 2. The standard InChI is InChI=1S/C6H14N2/c1-4-8-5-6(2)7-3/h7-8H,2,4-5H2,1,3H3. The summed E-state index contributed by atoms with van der Waals surface area (Å²) in [6.07, 6.45) is 0. The molecule has 0 spiro atoms. The van der Waals surface area contributed by atoms with Gasteiger partial charge in [-0.05, 0) is 6.54 Å². The Labute approximate surface area is 51.0 Å². The molecule has 0 aliphatic rings.